The summed E-state index contributed by atoms with van der Waals surface area (Å²) in [5, 5.41) is 1.55. The lowest BCUT2D eigenvalue weighted by Gasteiger charge is -2.23. The molecule has 0 radical (unpaired) electrons. The van der Waals surface area contributed by atoms with Gasteiger partial charge in [0.05, 0.1) is 46.8 Å². The first-order valence-electron chi connectivity index (χ1n) is 11.1. The minimum Gasteiger partial charge on any atom is -0.493 e. The monoisotopic (exact) mass is 489 g/mol. The number of benzene rings is 3. The van der Waals surface area contributed by atoms with Crippen molar-refractivity contribution < 1.29 is 33.2 Å². The van der Waals surface area contributed by atoms with E-state index >= 15 is 0 Å². The maximum Gasteiger partial charge on any atom is 0.339 e. The van der Waals surface area contributed by atoms with Crippen LogP contribution in [0.4, 0.5) is 0 Å². The van der Waals surface area contributed by atoms with Gasteiger partial charge in [-0.1, -0.05) is 18.2 Å². The maximum absolute atomic E-state index is 13.2. The van der Waals surface area contributed by atoms with Gasteiger partial charge in [0.15, 0.2) is 29.1 Å². The van der Waals surface area contributed by atoms with Gasteiger partial charge in [-0.2, -0.15) is 0 Å². The topological polar surface area (TPSA) is 85.3 Å². The number of fused-ring (bicyclic) bond motifs is 1. The highest BCUT2D eigenvalue weighted by Crippen LogP contribution is 2.46. The van der Waals surface area contributed by atoms with E-state index in [1.54, 1.807) is 56.8 Å². The van der Waals surface area contributed by atoms with Crippen molar-refractivity contribution >= 4 is 16.7 Å². The largest absolute Gasteiger partial charge is 0.493 e. The van der Waals surface area contributed by atoms with Crippen molar-refractivity contribution in [1.82, 2.24) is 4.98 Å². The van der Waals surface area contributed by atoms with Gasteiger partial charge in [0.25, 0.3) is 0 Å². The van der Waals surface area contributed by atoms with Crippen molar-refractivity contribution in [2.45, 2.75) is 6.10 Å². The second-order valence-electron chi connectivity index (χ2n) is 7.70. The Morgan fingerprint density at radius 1 is 0.722 bits per heavy atom. The van der Waals surface area contributed by atoms with Crippen LogP contribution in [-0.4, -0.2) is 46.5 Å². The van der Waals surface area contributed by atoms with Gasteiger partial charge in [0.2, 0.25) is 5.75 Å². The summed E-state index contributed by atoms with van der Waals surface area (Å²) in [4.78, 5) is 17.9. The molecule has 0 saturated carbocycles. The van der Waals surface area contributed by atoms with Crippen molar-refractivity contribution in [2.24, 2.45) is 0 Å². The Morgan fingerprint density at radius 2 is 1.39 bits per heavy atom. The van der Waals surface area contributed by atoms with E-state index in [4.69, 9.17) is 28.4 Å². The molecular weight excluding hydrogens is 462 g/mol. The van der Waals surface area contributed by atoms with Gasteiger partial charge >= 0.3 is 5.97 Å². The van der Waals surface area contributed by atoms with Crippen LogP contribution in [0.15, 0.2) is 66.9 Å². The van der Waals surface area contributed by atoms with E-state index in [-0.39, 0.29) is 0 Å². The van der Waals surface area contributed by atoms with Crippen molar-refractivity contribution in [2.75, 3.05) is 35.5 Å². The third kappa shape index (κ3) is 4.57. The van der Waals surface area contributed by atoms with Crippen molar-refractivity contribution in [3.8, 4) is 28.7 Å². The number of ether oxygens (including phenoxy) is 6. The van der Waals surface area contributed by atoms with Crippen LogP contribution in [0.5, 0.6) is 28.7 Å². The molecule has 0 saturated heterocycles. The fourth-order valence-corrected chi connectivity index (χ4v) is 4.08. The summed E-state index contributed by atoms with van der Waals surface area (Å²) >= 11 is 0. The third-order valence-corrected chi connectivity index (χ3v) is 5.80. The number of rotatable bonds is 9. The van der Waals surface area contributed by atoms with Crippen LogP contribution in [-0.2, 0) is 4.74 Å². The fraction of sp³-hybridized carbons (Fsp3) is 0.214. The van der Waals surface area contributed by atoms with Crippen LogP contribution in [0.25, 0.3) is 10.8 Å². The van der Waals surface area contributed by atoms with Gasteiger partial charge in [-0.25, -0.2) is 4.79 Å². The molecule has 8 heteroatoms. The minimum atomic E-state index is -0.950. The molecule has 0 fully saturated rings. The number of carbonyl (C=O) groups excluding carboxylic acids is 1. The zero-order valence-electron chi connectivity index (χ0n) is 20.7. The van der Waals surface area contributed by atoms with E-state index in [0.717, 1.165) is 10.8 Å². The average molecular weight is 490 g/mol. The van der Waals surface area contributed by atoms with E-state index in [0.29, 0.717) is 45.6 Å². The summed E-state index contributed by atoms with van der Waals surface area (Å²) in [7, 11) is 7.70. The Balaban J connectivity index is 1.96. The van der Waals surface area contributed by atoms with Crippen LogP contribution >= 0.6 is 0 Å². The Bertz CT molecular complexity index is 1370. The minimum absolute atomic E-state index is 0.363. The molecule has 3 aromatic carbocycles. The quantitative estimate of drug-likeness (QED) is 0.296. The lowest BCUT2D eigenvalue weighted by molar-refractivity contribution is 0.0369. The highest BCUT2D eigenvalue weighted by atomic mass is 16.6. The molecule has 0 amide bonds. The summed E-state index contributed by atoms with van der Waals surface area (Å²) in [6, 6.07) is 17.8. The first-order chi connectivity index (χ1) is 17.6. The van der Waals surface area contributed by atoms with E-state index in [1.807, 2.05) is 24.3 Å². The summed E-state index contributed by atoms with van der Waals surface area (Å²) in [5.41, 5.74) is 1.43. The first-order valence-corrected chi connectivity index (χ1v) is 11.1. The van der Waals surface area contributed by atoms with Gasteiger partial charge in [-0.05, 0) is 47.9 Å². The molecule has 1 heterocycles. The van der Waals surface area contributed by atoms with E-state index < -0.39 is 12.1 Å². The highest BCUT2D eigenvalue weighted by Gasteiger charge is 2.30. The van der Waals surface area contributed by atoms with E-state index in [9.17, 15) is 4.79 Å². The molecule has 0 aliphatic rings. The molecule has 0 aliphatic carbocycles. The van der Waals surface area contributed by atoms with Crippen molar-refractivity contribution in [3.05, 3.63) is 83.7 Å². The summed E-state index contributed by atoms with van der Waals surface area (Å²) < 4.78 is 33.8. The lowest BCUT2D eigenvalue weighted by Crippen LogP contribution is -2.16. The highest BCUT2D eigenvalue weighted by molar-refractivity contribution is 5.91. The third-order valence-electron chi connectivity index (χ3n) is 5.80. The molecule has 8 nitrogen and oxygen atoms in total. The number of pyridine rings is 1. The number of aromatic nitrogens is 1. The van der Waals surface area contributed by atoms with E-state index in [1.165, 1.54) is 21.3 Å². The Labute approximate surface area is 209 Å². The summed E-state index contributed by atoms with van der Waals surface area (Å²) in [6.45, 7) is 0. The maximum atomic E-state index is 13.2. The normalized spacial score (nSPS) is 11.5. The number of methoxy groups -OCH3 is 5. The molecule has 0 unspecified atom stereocenters. The zero-order chi connectivity index (χ0) is 25.7. The Morgan fingerprint density at radius 3 is 2.03 bits per heavy atom. The molecule has 4 aromatic rings. The molecule has 0 bridgehead atoms. The first kappa shape index (κ1) is 24.7. The zero-order valence-corrected chi connectivity index (χ0v) is 20.7. The Hall–Kier alpha value is -4.46. The standard InChI is InChI=1S/C28H27NO7/c1-31-21-12-11-19(26(34-4)27(21)35-5)25(36-28(30)17-9-7-6-8-10-17)24-20-16-23(33-3)22(32-2)15-18(20)13-14-29-24/h6-16,25H,1-5H3/t25-/m0/s1. The van der Waals surface area contributed by atoms with E-state index in [2.05, 4.69) is 4.98 Å². The Kier molecular flexibility index (Phi) is 7.44. The van der Waals surface area contributed by atoms with Crippen LogP contribution < -0.4 is 23.7 Å². The summed E-state index contributed by atoms with van der Waals surface area (Å²) in [6.07, 6.45) is 0.703. The van der Waals surface area contributed by atoms with Gasteiger partial charge in [0, 0.05) is 17.1 Å². The summed E-state index contributed by atoms with van der Waals surface area (Å²) in [5.74, 6) is 1.79. The van der Waals surface area contributed by atoms with Crippen molar-refractivity contribution in [3.63, 3.8) is 0 Å². The van der Waals surface area contributed by atoms with Gasteiger partial charge < -0.3 is 28.4 Å². The van der Waals surface area contributed by atoms with Crippen LogP contribution in [0.3, 0.4) is 0 Å². The van der Waals surface area contributed by atoms with Crippen LogP contribution in [0.1, 0.15) is 27.7 Å². The van der Waals surface area contributed by atoms with Crippen LogP contribution in [0, 0.1) is 0 Å². The average Bonchev–Trinajstić information content (AvgIpc) is 2.94. The number of carbonyl (C=O) groups is 1. The number of hydrogen-bond acceptors (Lipinski definition) is 8. The SMILES string of the molecule is COc1cc2ccnc([C@@H](OC(=O)c3ccccc3)c3ccc(OC)c(OC)c3OC)c2cc1OC. The molecule has 0 aliphatic heterocycles. The smallest absolute Gasteiger partial charge is 0.339 e. The molecule has 0 spiro atoms. The number of esters is 1. The lowest BCUT2D eigenvalue weighted by atomic mass is 9.98. The number of hydrogen-bond donors (Lipinski definition) is 0. The molecule has 36 heavy (non-hydrogen) atoms. The molecule has 1 atom stereocenters. The van der Waals surface area contributed by atoms with Gasteiger partial charge in [-0.3, -0.25) is 4.98 Å². The fourth-order valence-electron chi connectivity index (χ4n) is 4.08. The molecule has 1 aromatic heterocycles. The predicted octanol–water partition coefficient (Wildman–Crippen LogP) is 5.22. The predicted molar refractivity (Wildman–Crippen MR) is 135 cm³/mol. The molecule has 4 rings (SSSR count). The second kappa shape index (κ2) is 10.9. The molecule has 0 N–H and O–H groups in total. The van der Waals surface area contributed by atoms with Crippen LogP contribution in [0.2, 0.25) is 0 Å². The van der Waals surface area contributed by atoms with Gasteiger partial charge in [-0.15, -0.1) is 0 Å². The second-order valence-corrected chi connectivity index (χ2v) is 7.70. The number of nitrogens with zero attached hydrogens (tertiary/aromatic N) is 1. The molecular formula is C28H27NO7. The molecule has 186 valence electrons. The van der Waals surface area contributed by atoms with Gasteiger partial charge in [0.1, 0.15) is 0 Å². The van der Waals surface area contributed by atoms with Crippen molar-refractivity contribution in [1.29, 1.82) is 0 Å².